The fraction of sp³-hybridized carbons (Fsp3) is 0.471. The molecule has 1 fully saturated rings. The highest BCUT2D eigenvalue weighted by molar-refractivity contribution is 5.87. The molecule has 1 saturated heterocycles. The first kappa shape index (κ1) is 17.0. The fourth-order valence-corrected chi connectivity index (χ4v) is 2.79. The van der Waals surface area contributed by atoms with E-state index in [1.165, 1.54) is 0 Å². The van der Waals surface area contributed by atoms with Gasteiger partial charge < -0.3 is 15.3 Å². The molecular formula is C17H22N2O4. The molecule has 2 N–H and O–H groups in total. The maximum Gasteiger partial charge on any atom is 0.335 e. The number of amides is 2. The summed E-state index contributed by atoms with van der Waals surface area (Å²) in [6.45, 7) is 3.29. The number of nitrogens with one attached hydrogen (secondary N) is 1. The number of aromatic carboxylic acids is 1. The molecule has 6 heteroatoms. The predicted octanol–water partition coefficient (Wildman–Crippen LogP) is 1.30. The van der Waals surface area contributed by atoms with Gasteiger partial charge in [-0.05, 0) is 37.0 Å². The molecule has 1 aliphatic heterocycles. The van der Waals surface area contributed by atoms with Crippen LogP contribution in [0.15, 0.2) is 24.3 Å². The zero-order valence-electron chi connectivity index (χ0n) is 13.2. The second-order valence-corrected chi connectivity index (χ2v) is 5.83. The lowest BCUT2D eigenvalue weighted by atomic mass is 9.96. The summed E-state index contributed by atoms with van der Waals surface area (Å²) in [6, 6.07) is 6.73. The van der Waals surface area contributed by atoms with Crippen molar-refractivity contribution in [3.63, 3.8) is 0 Å². The van der Waals surface area contributed by atoms with Crippen LogP contribution in [0.5, 0.6) is 0 Å². The molecular weight excluding hydrogens is 296 g/mol. The van der Waals surface area contributed by atoms with E-state index in [4.69, 9.17) is 5.11 Å². The average Bonchev–Trinajstić information content (AvgIpc) is 2.55. The molecule has 0 radical (unpaired) electrons. The van der Waals surface area contributed by atoms with Crippen molar-refractivity contribution in [2.45, 2.75) is 26.2 Å². The van der Waals surface area contributed by atoms with E-state index in [2.05, 4.69) is 5.32 Å². The zero-order valence-corrected chi connectivity index (χ0v) is 13.2. The summed E-state index contributed by atoms with van der Waals surface area (Å²) < 4.78 is 0. The van der Waals surface area contributed by atoms with Crippen molar-refractivity contribution < 1.29 is 19.5 Å². The third kappa shape index (κ3) is 4.81. The van der Waals surface area contributed by atoms with Crippen molar-refractivity contribution in [2.75, 3.05) is 19.6 Å². The van der Waals surface area contributed by atoms with Crippen LogP contribution in [0.1, 0.15) is 35.7 Å². The van der Waals surface area contributed by atoms with E-state index < -0.39 is 5.97 Å². The van der Waals surface area contributed by atoms with Crippen LogP contribution in [0.3, 0.4) is 0 Å². The van der Waals surface area contributed by atoms with E-state index in [-0.39, 0.29) is 23.3 Å². The Morgan fingerprint density at radius 3 is 2.57 bits per heavy atom. The maximum absolute atomic E-state index is 12.1. The van der Waals surface area contributed by atoms with Gasteiger partial charge in [0.1, 0.15) is 0 Å². The van der Waals surface area contributed by atoms with Gasteiger partial charge >= 0.3 is 5.97 Å². The van der Waals surface area contributed by atoms with Crippen molar-refractivity contribution in [2.24, 2.45) is 5.92 Å². The number of nitrogens with zero attached hydrogens (tertiary/aromatic N) is 1. The Hall–Kier alpha value is -2.37. The van der Waals surface area contributed by atoms with Gasteiger partial charge in [-0.25, -0.2) is 4.79 Å². The number of rotatable bonds is 5. The van der Waals surface area contributed by atoms with Crippen molar-refractivity contribution >= 4 is 17.8 Å². The van der Waals surface area contributed by atoms with Gasteiger partial charge in [0.05, 0.1) is 5.56 Å². The van der Waals surface area contributed by atoms with E-state index in [9.17, 15) is 14.4 Å². The molecule has 23 heavy (non-hydrogen) atoms. The molecule has 0 aliphatic carbocycles. The minimum atomic E-state index is -0.951. The number of benzene rings is 1. The van der Waals surface area contributed by atoms with Gasteiger partial charge in [-0.15, -0.1) is 0 Å². The normalized spacial score (nSPS) is 15.3. The lowest BCUT2D eigenvalue weighted by molar-refractivity contribution is -0.133. The number of carboxylic acid groups (broad SMARTS) is 1. The molecule has 0 saturated carbocycles. The molecule has 1 aliphatic rings. The molecule has 0 aromatic heterocycles. The molecule has 1 heterocycles. The number of likely N-dealkylation sites (tertiary alicyclic amines) is 1. The topological polar surface area (TPSA) is 86.7 Å². The van der Waals surface area contributed by atoms with Crippen molar-refractivity contribution in [1.82, 2.24) is 10.2 Å². The van der Waals surface area contributed by atoms with Crippen LogP contribution in [0.2, 0.25) is 0 Å². The van der Waals surface area contributed by atoms with E-state index >= 15 is 0 Å². The van der Waals surface area contributed by atoms with Crippen molar-refractivity contribution in [3.05, 3.63) is 35.4 Å². The minimum absolute atomic E-state index is 0.0163. The number of hydrogen-bond acceptors (Lipinski definition) is 3. The zero-order chi connectivity index (χ0) is 16.8. The quantitative estimate of drug-likeness (QED) is 0.857. The molecule has 1 aromatic rings. The molecule has 0 unspecified atom stereocenters. The second-order valence-electron chi connectivity index (χ2n) is 5.83. The smallest absolute Gasteiger partial charge is 0.335 e. The Morgan fingerprint density at radius 2 is 1.96 bits per heavy atom. The van der Waals surface area contributed by atoms with Gasteiger partial charge in [0.2, 0.25) is 11.8 Å². The number of hydrogen-bond donors (Lipinski definition) is 2. The predicted molar refractivity (Wildman–Crippen MR) is 85.1 cm³/mol. The molecule has 0 atom stereocenters. The Morgan fingerprint density at radius 1 is 1.26 bits per heavy atom. The van der Waals surface area contributed by atoms with Gasteiger partial charge in [0.25, 0.3) is 0 Å². The van der Waals surface area contributed by atoms with Gasteiger partial charge in [0.15, 0.2) is 0 Å². The molecule has 6 nitrogen and oxygen atoms in total. The molecule has 0 bridgehead atoms. The Labute approximate surface area is 135 Å². The van der Waals surface area contributed by atoms with Crippen LogP contribution >= 0.6 is 0 Å². The van der Waals surface area contributed by atoms with Crippen molar-refractivity contribution in [3.8, 4) is 0 Å². The highest BCUT2D eigenvalue weighted by Gasteiger charge is 2.25. The second kappa shape index (κ2) is 7.76. The standard InChI is InChI=1S/C17H22N2O4/c1-12(20)19-9-6-14(7-10-19)16(21)18-8-5-13-3-2-4-15(11-13)17(22)23/h2-4,11,14H,5-10H2,1H3,(H,18,21)(H,22,23). The van der Waals surface area contributed by atoms with Crippen LogP contribution in [-0.4, -0.2) is 47.4 Å². The van der Waals surface area contributed by atoms with Crippen molar-refractivity contribution in [1.29, 1.82) is 0 Å². The monoisotopic (exact) mass is 318 g/mol. The Balaban J connectivity index is 1.76. The summed E-state index contributed by atoms with van der Waals surface area (Å²) in [5, 5.41) is 11.9. The molecule has 1 aromatic carbocycles. The average molecular weight is 318 g/mol. The number of carbonyl (C=O) groups excluding carboxylic acids is 2. The summed E-state index contributed by atoms with van der Waals surface area (Å²) in [6.07, 6.45) is 1.99. The summed E-state index contributed by atoms with van der Waals surface area (Å²) >= 11 is 0. The van der Waals surface area contributed by atoms with E-state index in [1.807, 2.05) is 6.07 Å². The van der Waals surface area contributed by atoms with E-state index in [0.29, 0.717) is 38.9 Å². The van der Waals surface area contributed by atoms with Crippen LogP contribution in [-0.2, 0) is 16.0 Å². The summed E-state index contributed by atoms with van der Waals surface area (Å²) in [5.74, 6) is -0.922. The summed E-state index contributed by atoms with van der Waals surface area (Å²) in [7, 11) is 0. The van der Waals surface area contributed by atoms with Crippen LogP contribution < -0.4 is 5.32 Å². The van der Waals surface area contributed by atoms with E-state index in [1.54, 1.807) is 30.0 Å². The Kier molecular flexibility index (Phi) is 5.73. The number of piperidine rings is 1. The first-order valence-corrected chi connectivity index (χ1v) is 7.83. The first-order valence-electron chi connectivity index (χ1n) is 7.83. The minimum Gasteiger partial charge on any atom is -0.478 e. The molecule has 124 valence electrons. The highest BCUT2D eigenvalue weighted by atomic mass is 16.4. The third-order valence-electron chi connectivity index (χ3n) is 4.20. The summed E-state index contributed by atoms with van der Waals surface area (Å²) in [5.41, 5.74) is 1.14. The highest BCUT2D eigenvalue weighted by Crippen LogP contribution is 2.17. The first-order chi connectivity index (χ1) is 11.0. The van der Waals surface area contributed by atoms with Gasteiger partial charge in [-0.1, -0.05) is 12.1 Å². The summed E-state index contributed by atoms with van der Waals surface area (Å²) in [4.78, 5) is 36.1. The Bertz CT molecular complexity index is 592. The van der Waals surface area contributed by atoms with Gasteiger partial charge in [-0.2, -0.15) is 0 Å². The van der Waals surface area contributed by atoms with Gasteiger partial charge in [-0.3, -0.25) is 9.59 Å². The third-order valence-corrected chi connectivity index (χ3v) is 4.20. The van der Waals surface area contributed by atoms with Crippen LogP contribution in [0, 0.1) is 5.92 Å². The number of carboxylic acids is 1. The maximum atomic E-state index is 12.1. The lowest BCUT2D eigenvalue weighted by Crippen LogP contribution is -2.42. The lowest BCUT2D eigenvalue weighted by Gasteiger charge is -2.30. The van der Waals surface area contributed by atoms with E-state index in [0.717, 1.165) is 5.56 Å². The van der Waals surface area contributed by atoms with Gasteiger partial charge in [0, 0.05) is 32.5 Å². The van der Waals surface area contributed by atoms with Crippen LogP contribution in [0.4, 0.5) is 0 Å². The number of carbonyl (C=O) groups is 3. The largest absolute Gasteiger partial charge is 0.478 e. The fourth-order valence-electron chi connectivity index (χ4n) is 2.79. The SMILES string of the molecule is CC(=O)N1CCC(C(=O)NCCc2cccc(C(=O)O)c2)CC1. The molecule has 2 rings (SSSR count). The molecule has 0 spiro atoms. The van der Waals surface area contributed by atoms with Crippen LogP contribution in [0.25, 0.3) is 0 Å². The molecule has 2 amide bonds.